The smallest absolute Gasteiger partial charge is 0.347 e. The lowest BCUT2D eigenvalue weighted by molar-refractivity contribution is -0.167. The van der Waals surface area contributed by atoms with Gasteiger partial charge in [0, 0.05) is 6.92 Å². The molecule has 7 heteroatoms. The van der Waals surface area contributed by atoms with Crippen molar-refractivity contribution < 1.29 is 29.3 Å². The van der Waals surface area contributed by atoms with Gasteiger partial charge < -0.3 is 20.7 Å². The Bertz CT molecular complexity index is 237. The van der Waals surface area contributed by atoms with E-state index in [1.54, 1.807) is 0 Å². The van der Waals surface area contributed by atoms with Crippen LogP contribution in [0.1, 0.15) is 6.92 Å². The normalized spacial score (nSPS) is 14.3. The van der Waals surface area contributed by atoms with Gasteiger partial charge in [0.05, 0.1) is 0 Å². The lowest BCUT2D eigenvalue weighted by atomic mass is 10.2. The van der Waals surface area contributed by atoms with Crippen molar-refractivity contribution in [3.05, 3.63) is 0 Å². The Morgan fingerprint density at radius 3 is 1.92 bits per heavy atom. The summed E-state index contributed by atoms with van der Waals surface area (Å²) in [6.07, 6.45) is -1.85. The maximum atomic E-state index is 10.4. The zero-order valence-corrected chi connectivity index (χ0v) is 6.76. The van der Waals surface area contributed by atoms with Crippen molar-refractivity contribution in [3.8, 4) is 0 Å². The molecule has 2 atom stereocenters. The van der Waals surface area contributed by atoms with E-state index >= 15 is 0 Å². The van der Waals surface area contributed by atoms with E-state index in [1.807, 2.05) is 0 Å². The highest BCUT2D eigenvalue weighted by atomic mass is 16.6. The lowest BCUT2D eigenvalue weighted by Gasteiger charge is -2.15. The molecule has 74 valence electrons. The summed E-state index contributed by atoms with van der Waals surface area (Å²) in [7, 11) is 0. The first-order valence-corrected chi connectivity index (χ1v) is 3.24. The van der Waals surface area contributed by atoms with E-state index in [2.05, 4.69) is 4.74 Å². The van der Waals surface area contributed by atoms with E-state index in [0.717, 1.165) is 6.92 Å². The van der Waals surface area contributed by atoms with Gasteiger partial charge in [-0.2, -0.15) is 0 Å². The third kappa shape index (κ3) is 3.52. The number of carbonyl (C=O) groups excluding carboxylic acids is 1. The molecule has 0 aliphatic carbocycles. The third-order valence-electron chi connectivity index (χ3n) is 1.15. The van der Waals surface area contributed by atoms with Crippen LogP contribution in [-0.2, 0) is 19.1 Å². The second-order valence-corrected chi connectivity index (χ2v) is 2.23. The first-order valence-electron chi connectivity index (χ1n) is 3.24. The number of esters is 1. The molecular weight excluding hydrogens is 182 g/mol. The van der Waals surface area contributed by atoms with Crippen molar-refractivity contribution in [3.63, 3.8) is 0 Å². The summed E-state index contributed by atoms with van der Waals surface area (Å²) in [4.78, 5) is 31.0. The molecule has 0 saturated heterocycles. The molecule has 0 radical (unpaired) electrons. The van der Waals surface area contributed by atoms with E-state index in [9.17, 15) is 14.4 Å². The summed E-state index contributed by atoms with van der Waals surface area (Å²) in [5, 5.41) is 16.8. The number of nitrogens with two attached hydrogens (primary N) is 1. The average molecular weight is 191 g/mol. The largest absolute Gasteiger partial charge is 0.480 e. The van der Waals surface area contributed by atoms with Crippen molar-refractivity contribution in [2.24, 2.45) is 5.73 Å². The third-order valence-corrected chi connectivity index (χ3v) is 1.15. The number of aliphatic carboxylic acids is 2. The summed E-state index contributed by atoms with van der Waals surface area (Å²) in [5.41, 5.74) is 4.95. The molecule has 0 saturated carbocycles. The van der Waals surface area contributed by atoms with Gasteiger partial charge in [-0.25, -0.2) is 4.79 Å². The van der Waals surface area contributed by atoms with Gasteiger partial charge in [-0.1, -0.05) is 0 Å². The Morgan fingerprint density at radius 2 is 1.69 bits per heavy atom. The maximum Gasteiger partial charge on any atom is 0.347 e. The fourth-order valence-electron chi connectivity index (χ4n) is 0.586. The van der Waals surface area contributed by atoms with Crippen LogP contribution in [0.5, 0.6) is 0 Å². The average Bonchev–Trinajstić information content (AvgIpc) is 1.97. The molecule has 0 aliphatic rings. The molecule has 13 heavy (non-hydrogen) atoms. The number of carbonyl (C=O) groups is 3. The number of ether oxygens (including phenoxy) is 1. The van der Waals surface area contributed by atoms with Gasteiger partial charge in [-0.05, 0) is 0 Å². The fourth-order valence-corrected chi connectivity index (χ4v) is 0.586. The Kier molecular flexibility index (Phi) is 3.86. The molecule has 0 amide bonds. The lowest BCUT2D eigenvalue weighted by Crippen LogP contribution is -2.48. The van der Waals surface area contributed by atoms with Crippen molar-refractivity contribution >= 4 is 17.9 Å². The molecule has 0 bridgehead atoms. The molecular formula is C6H9NO6. The highest BCUT2D eigenvalue weighted by Crippen LogP contribution is 1.98. The second-order valence-electron chi connectivity index (χ2n) is 2.23. The van der Waals surface area contributed by atoms with E-state index in [1.165, 1.54) is 0 Å². The van der Waals surface area contributed by atoms with Crippen LogP contribution in [0.2, 0.25) is 0 Å². The zero-order valence-electron chi connectivity index (χ0n) is 6.76. The molecule has 0 fully saturated rings. The zero-order chi connectivity index (χ0) is 10.6. The predicted octanol–water partition coefficient (Wildman–Crippen LogP) is -1.59. The van der Waals surface area contributed by atoms with Crippen LogP contribution in [0.3, 0.4) is 0 Å². The fraction of sp³-hybridized carbons (Fsp3) is 0.500. The SMILES string of the molecule is CC(=O)O[C@@H](C(=O)O)[C@@H](N)C(=O)O. The molecule has 0 unspecified atom stereocenters. The summed E-state index contributed by atoms with van der Waals surface area (Å²) in [6, 6.07) is -1.76. The van der Waals surface area contributed by atoms with E-state index in [0.29, 0.717) is 0 Å². The maximum absolute atomic E-state index is 10.4. The van der Waals surface area contributed by atoms with Crippen molar-refractivity contribution in [1.82, 2.24) is 0 Å². The minimum Gasteiger partial charge on any atom is -0.480 e. The highest BCUT2D eigenvalue weighted by molar-refractivity contribution is 5.86. The number of hydrogen-bond acceptors (Lipinski definition) is 5. The standard InChI is InChI=1S/C6H9NO6/c1-2(8)13-4(6(11)12)3(7)5(9)10/h3-4H,7H2,1H3,(H,9,10)(H,11,12)/t3-,4-/m1/s1. The molecule has 4 N–H and O–H groups in total. The number of hydrogen-bond donors (Lipinski definition) is 3. The highest BCUT2D eigenvalue weighted by Gasteiger charge is 2.33. The van der Waals surface area contributed by atoms with Crippen LogP contribution in [0, 0.1) is 0 Å². The second kappa shape index (κ2) is 4.41. The van der Waals surface area contributed by atoms with Crippen LogP contribution in [0.4, 0.5) is 0 Å². The summed E-state index contributed by atoms with van der Waals surface area (Å²) >= 11 is 0. The predicted molar refractivity (Wildman–Crippen MR) is 38.8 cm³/mol. The summed E-state index contributed by atoms with van der Waals surface area (Å²) < 4.78 is 4.19. The molecule has 0 aliphatic heterocycles. The Balaban J connectivity index is 4.51. The Hall–Kier alpha value is -1.63. The van der Waals surface area contributed by atoms with Gasteiger partial charge in [0.15, 0.2) is 6.04 Å². The van der Waals surface area contributed by atoms with Crippen molar-refractivity contribution in [2.75, 3.05) is 0 Å². The molecule has 0 aromatic heterocycles. The molecule has 0 spiro atoms. The number of carboxylic acid groups (broad SMARTS) is 2. The molecule has 0 heterocycles. The van der Waals surface area contributed by atoms with Gasteiger partial charge in [0.1, 0.15) is 0 Å². The molecule has 0 aromatic carbocycles. The Morgan fingerprint density at radius 1 is 1.23 bits per heavy atom. The van der Waals surface area contributed by atoms with E-state index in [-0.39, 0.29) is 0 Å². The van der Waals surface area contributed by atoms with E-state index in [4.69, 9.17) is 15.9 Å². The summed E-state index contributed by atoms with van der Waals surface area (Å²) in [6.45, 7) is 0.963. The molecule has 0 aromatic rings. The van der Waals surface area contributed by atoms with Gasteiger partial charge >= 0.3 is 17.9 Å². The quantitative estimate of drug-likeness (QED) is 0.457. The topological polar surface area (TPSA) is 127 Å². The van der Waals surface area contributed by atoms with Gasteiger partial charge in [0.2, 0.25) is 6.10 Å². The number of carboxylic acids is 2. The summed E-state index contributed by atoms with van der Waals surface area (Å²) in [5.74, 6) is -4.04. The monoisotopic (exact) mass is 191 g/mol. The first kappa shape index (κ1) is 11.4. The Labute approximate surface area is 73.1 Å². The van der Waals surface area contributed by atoms with Crippen LogP contribution in [0.25, 0.3) is 0 Å². The van der Waals surface area contributed by atoms with E-state index < -0.39 is 30.1 Å². The molecule has 0 rings (SSSR count). The molecule has 7 nitrogen and oxygen atoms in total. The first-order chi connectivity index (χ1) is 5.86. The van der Waals surface area contributed by atoms with Crippen LogP contribution in [0.15, 0.2) is 0 Å². The van der Waals surface area contributed by atoms with Gasteiger partial charge in [0.25, 0.3) is 0 Å². The van der Waals surface area contributed by atoms with Crippen molar-refractivity contribution in [2.45, 2.75) is 19.1 Å². The van der Waals surface area contributed by atoms with Gasteiger partial charge in [-0.3, -0.25) is 9.59 Å². The van der Waals surface area contributed by atoms with Crippen molar-refractivity contribution in [1.29, 1.82) is 0 Å². The van der Waals surface area contributed by atoms with Crippen LogP contribution < -0.4 is 5.73 Å². The van der Waals surface area contributed by atoms with Crippen LogP contribution in [-0.4, -0.2) is 40.3 Å². The van der Waals surface area contributed by atoms with Crippen LogP contribution >= 0.6 is 0 Å². The number of rotatable bonds is 4. The van der Waals surface area contributed by atoms with Gasteiger partial charge in [-0.15, -0.1) is 0 Å². The minimum atomic E-state index is -1.85. The minimum absolute atomic E-state index is 0.899.